The minimum absolute atomic E-state index is 0.131. The molecule has 98 valence electrons. The quantitative estimate of drug-likeness (QED) is 0.777. The van der Waals surface area contributed by atoms with E-state index in [2.05, 4.69) is 9.97 Å². The van der Waals surface area contributed by atoms with Crippen molar-refractivity contribution in [2.24, 2.45) is 0 Å². The van der Waals surface area contributed by atoms with Crippen molar-refractivity contribution < 1.29 is 18.3 Å². The molecule has 1 saturated carbocycles. The molecule has 0 radical (unpaired) electrons. The van der Waals surface area contributed by atoms with Gasteiger partial charge in [-0.3, -0.25) is 0 Å². The van der Waals surface area contributed by atoms with Gasteiger partial charge in [0.25, 0.3) is 6.43 Å². The molecular formula is C12H14F2N2O2. The minimum atomic E-state index is -2.80. The van der Waals surface area contributed by atoms with Crippen LogP contribution in [-0.2, 0) is 4.74 Å². The molecule has 1 aliphatic rings. The molecule has 0 N–H and O–H groups in total. The second kappa shape index (κ2) is 5.37. The number of hydrogen-bond acceptors (Lipinski definition) is 4. The lowest BCUT2D eigenvalue weighted by Gasteiger charge is -2.24. The van der Waals surface area contributed by atoms with Gasteiger partial charge in [-0.1, -0.05) is 6.42 Å². The van der Waals surface area contributed by atoms with Crippen molar-refractivity contribution in [3.63, 3.8) is 0 Å². The lowest BCUT2D eigenvalue weighted by molar-refractivity contribution is 0.0512. The Morgan fingerprint density at radius 3 is 2.78 bits per heavy atom. The zero-order chi connectivity index (χ0) is 13.1. The van der Waals surface area contributed by atoms with E-state index in [0.29, 0.717) is 5.82 Å². The third-order valence-corrected chi connectivity index (χ3v) is 3.01. The second-order valence-corrected chi connectivity index (χ2v) is 4.18. The Kier molecular flexibility index (Phi) is 3.84. The third-order valence-electron chi connectivity index (χ3n) is 3.01. The van der Waals surface area contributed by atoms with E-state index in [1.54, 1.807) is 6.92 Å². The number of rotatable bonds is 4. The van der Waals surface area contributed by atoms with Gasteiger partial charge in [0, 0.05) is 12.1 Å². The van der Waals surface area contributed by atoms with Crippen LogP contribution in [-0.4, -0.2) is 22.5 Å². The molecule has 0 spiro atoms. The summed E-state index contributed by atoms with van der Waals surface area (Å²) in [4.78, 5) is 19.3. The normalized spacial score (nSPS) is 15.6. The van der Waals surface area contributed by atoms with Gasteiger partial charge >= 0.3 is 5.97 Å². The molecule has 0 saturated heterocycles. The third kappa shape index (κ3) is 2.47. The second-order valence-electron chi connectivity index (χ2n) is 4.18. The van der Waals surface area contributed by atoms with Gasteiger partial charge in [-0.15, -0.1) is 0 Å². The molecule has 1 aromatic heterocycles. The maximum Gasteiger partial charge on any atom is 0.341 e. The fourth-order valence-corrected chi connectivity index (χ4v) is 1.80. The number of ether oxygens (including phenoxy) is 1. The molecule has 4 nitrogen and oxygen atoms in total. The Hall–Kier alpha value is -1.59. The molecule has 1 aliphatic carbocycles. The van der Waals surface area contributed by atoms with E-state index < -0.39 is 18.1 Å². The number of hydrogen-bond donors (Lipinski definition) is 0. The van der Waals surface area contributed by atoms with Crippen LogP contribution in [0.2, 0.25) is 0 Å². The van der Waals surface area contributed by atoms with Crippen LogP contribution < -0.4 is 0 Å². The van der Waals surface area contributed by atoms with E-state index in [-0.39, 0.29) is 18.1 Å². The van der Waals surface area contributed by atoms with Gasteiger partial charge < -0.3 is 4.74 Å². The summed E-state index contributed by atoms with van der Waals surface area (Å²) >= 11 is 0. The smallest absolute Gasteiger partial charge is 0.341 e. The van der Waals surface area contributed by atoms with Crippen LogP contribution in [0, 0.1) is 0 Å². The van der Waals surface area contributed by atoms with E-state index >= 15 is 0 Å². The summed E-state index contributed by atoms with van der Waals surface area (Å²) in [5, 5.41) is 0. The average molecular weight is 256 g/mol. The maximum absolute atomic E-state index is 12.9. The molecule has 0 atom stereocenters. The first-order valence-electron chi connectivity index (χ1n) is 5.95. The summed E-state index contributed by atoms with van der Waals surface area (Å²) < 4.78 is 30.5. The van der Waals surface area contributed by atoms with Crippen LogP contribution in [0.4, 0.5) is 8.78 Å². The summed E-state index contributed by atoms with van der Waals surface area (Å²) in [6, 6.07) is 0. The molecular weight excluding hydrogens is 242 g/mol. The first kappa shape index (κ1) is 12.9. The maximum atomic E-state index is 12.9. The first-order valence-corrected chi connectivity index (χ1v) is 5.95. The van der Waals surface area contributed by atoms with Gasteiger partial charge in [-0.05, 0) is 19.8 Å². The molecule has 0 amide bonds. The Labute approximate surface area is 103 Å². The van der Waals surface area contributed by atoms with Crippen molar-refractivity contribution in [2.45, 2.75) is 38.5 Å². The monoisotopic (exact) mass is 256 g/mol. The molecule has 0 unspecified atom stereocenters. The predicted octanol–water partition coefficient (Wildman–Crippen LogP) is 2.86. The Balaban J connectivity index is 2.31. The van der Waals surface area contributed by atoms with Gasteiger partial charge in [0.1, 0.15) is 17.1 Å². The molecule has 0 aromatic carbocycles. The van der Waals surface area contributed by atoms with Crippen molar-refractivity contribution in [3.05, 3.63) is 23.3 Å². The fourth-order valence-electron chi connectivity index (χ4n) is 1.80. The van der Waals surface area contributed by atoms with Crippen molar-refractivity contribution >= 4 is 5.97 Å². The zero-order valence-corrected chi connectivity index (χ0v) is 10.0. The predicted molar refractivity (Wildman–Crippen MR) is 59.5 cm³/mol. The van der Waals surface area contributed by atoms with Gasteiger partial charge in [-0.25, -0.2) is 23.5 Å². The van der Waals surface area contributed by atoms with E-state index in [1.807, 2.05) is 0 Å². The van der Waals surface area contributed by atoms with Crippen molar-refractivity contribution in [1.29, 1.82) is 0 Å². The molecule has 1 fully saturated rings. The van der Waals surface area contributed by atoms with Gasteiger partial charge in [0.05, 0.1) is 6.61 Å². The standard InChI is InChI=1S/C12H14F2N2O2/c1-2-18-12(17)8-6-15-11(7-4-3-5-7)16-9(8)10(13)14/h6-7,10H,2-5H2,1H3. The highest BCUT2D eigenvalue weighted by atomic mass is 19.3. The summed E-state index contributed by atoms with van der Waals surface area (Å²) in [6.07, 6.45) is 1.26. The molecule has 0 aliphatic heterocycles. The van der Waals surface area contributed by atoms with Crippen LogP contribution in [0.1, 0.15) is 60.4 Å². The van der Waals surface area contributed by atoms with Crippen LogP contribution >= 0.6 is 0 Å². The lowest BCUT2D eigenvalue weighted by Crippen LogP contribution is -2.17. The fraction of sp³-hybridized carbons (Fsp3) is 0.583. The molecule has 6 heteroatoms. The van der Waals surface area contributed by atoms with Crippen LogP contribution in [0.3, 0.4) is 0 Å². The Morgan fingerprint density at radius 1 is 1.56 bits per heavy atom. The molecule has 18 heavy (non-hydrogen) atoms. The topological polar surface area (TPSA) is 52.1 Å². The number of nitrogens with zero attached hydrogens (tertiary/aromatic N) is 2. The highest BCUT2D eigenvalue weighted by Gasteiger charge is 2.27. The average Bonchev–Trinajstić information content (AvgIpc) is 2.26. The van der Waals surface area contributed by atoms with Crippen LogP contribution in [0.15, 0.2) is 6.20 Å². The number of halogens is 2. The number of aromatic nitrogens is 2. The van der Waals surface area contributed by atoms with Gasteiger partial charge in [0.15, 0.2) is 0 Å². The summed E-state index contributed by atoms with van der Waals surface area (Å²) in [6.45, 7) is 1.75. The Morgan fingerprint density at radius 2 is 2.28 bits per heavy atom. The van der Waals surface area contributed by atoms with Crippen molar-refractivity contribution in [3.8, 4) is 0 Å². The van der Waals surface area contributed by atoms with Crippen molar-refractivity contribution in [1.82, 2.24) is 9.97 Å². The number of alkyl halides is 2. The molecule has 1 aromatic rings. The molecule has 1 heterocycles. The summed E-state index contributed by atoms with van der Waals surface area (Å²) in [7, 11) is 0. The first-order chi connectivity index (χ1) is 8.63. The van der Waals surface area contributed by atoms with Crippen LogP contribution in [0.5, 0.6) is 0 Å². The van der Waals surface area contributed by atoms with E-state index in [9.17, 15) is 13.6 Å². The van der Waals surface area contributed by atoms with Gasteiger partial charge in [0.2, 0.25) is 0 Å². The largest absolute Gasteiger partial charge is 0.462 e. The van der Waals surface area contributed by atoms with Crippen molar-refractivity contribution in [2.75, 3.05) is 6.61 Å². The highest BCUT2D eigenvalue weighted by molar-refractivity contribution is 5.90. The number of carbonyl (C=O) groups is 1. The number of esters is 1. The van der Waals surface area contributed by atoms with E-state index in [0.717, 1.165) is 25.5 Å². The van der Waals surface area contributed by atoms with E-state index in [1.165, 1.54) is 0 Å². The minimum Gasteiger partial charge on any atom is -0.462 e. The summed E-state index contributed by atoms with van der Waals surface area (Å²) in [5.41, 5.74) is -0.764. The summed E-state index contributed by atoms with van der Waals surface area (Å²) in [5.74, 6) is -0.240. The lowest BCUT2D eigenvalue weighted by atomic mass is 9.85. The van der Waals surface area contributed by atoms with Crippen LogP contribution in [0.25, 0.3) is 0 Å². The SMILES string of the molecule is CCOC(=O)c1cnc(C2CCC2)nc1C(F)F. The van der Waals surface area contributed by atoms with E-state index in [4.69, 9.17) is 4.74 Å². The zero-order valence-electron chi connectivity index (χ0n) is 10.0. The number of carbonyl (C=O) groups excluding carboxylic acids is 1. The van der Waals surface area contributed by atoms with Gasteiger partial charge in [-0.2, -0.15) is 0 Å². The molecule has 2 rings (SSSR count). The molecule has 0 bridgehead atoms. The highest BCUT2D eigenvalue weighted by Crippen LogP contribution is 2.35. The Bertz CT molecular complexity index is 448.